The molecule has 0 N–H and O–H groups in total. The summed E-state index contributed by atoms with van der Waals surface area (Å²) in [5.41, 5.74) is 0. The predicted octanol–water partition coefficient (Wildman–Crippen LogP) is 3.14. The minimum Gasteiger partial charge on any atom is -0.103 e. The van der Waals surface area contributed by atoms with E-state index in [0.717, 1.165) is 5.92 Å². The van der Waals surface area contributed by atoms with Gasteiger partial charge in [0, 0.05) is 0 Å². The first-order valence-corrected chi connectivity index (χ1v) is 4.04. The molecule has 0 aliphatic heterocycles. The number of allylic oxidation sites excluding steroid dienone is 1. The summed E-state index contributed by atoms with van der Waals surface area (Å²) in [4.78, 5) is 0. The van der Waals surface area contributed by atoms with Gasteiger partial charge >= 0.3 is 0 Å². The smallest absolute Gasteiger partial charge is 0.0353 e. The molecule has 0 atom stereocenters. The van der Waals surface area contributed by atoms with Crippen molar-refractivity contribution in [3.8, 4) is 0 Å². The van der Waals surface area contributed by atoms with E-state index in [1.165, 1.54) is 38.5 Å². The lowest BCUT2D eigenvalue weighted by atomic mass is 9.82. The van der Waals surface area contributed by atoms with Crippen LogP contribution in [0.3, 0.4) is 0 Å². The topological polar surface area (TPSA) is 0 Å². The summed E-state index contributed by atoms with van der Waals surface area (Å²) < 4.78 is 0. The Hall–Kier alpha value is -0.260. The van der Waals surface area contributed by atoms with Gasteiger partial charge in [0.1, 0.15) is 0 Å². The van der Waals surface area contributed by atoms with Gasteiger partial charge in [-0.1, -0.05) is 31.8 Å². The number of hydrogen-bond donors (Lipinski definition) is 0. The van der Waals surface area contributed by atoms with Crippen LogP contribution in [0.4, 0.5) is 0 Å². The SMILES string of the molecule is C=CCCCC1CCC1. The first kappa shape index (κ1) is 6.85. The molecule has 0 unspecified atom stereocenters. The molecule has 1 saturated carbocycles. The molecule has 0 spiro atoms. The Morgan fingerprint density at radius 1 is 1.44 bits per heavy atom. The summed E-state index contributed by atoms with van der Waals surface area (Å²) in [5, 5.41) is 0. The van der Waals surface area contributed by atoms with Gasteiger partial charge in [-0.25, -0.2) is 0 Å². The van der Waals surface area contributed by atoms with E-state index in [2.05, 4.69) is 6.58 Å². The molecular formula is C9H16. The van der Waals surface area contributed by atoms with Crippen molar-refractivity contribution in [3.05, 3.63) is 12.7 Å². The van der Waals surface area contributed by atoms with Crippen LogP contribution in [0.15, 0.2) is 12.7 Å². The van der Waals surface area contributed by atoms with Crippen molar-refractivity contribution in [3.63, 3.8) is 0 Å². The average molecular weight is 124 g/mol. The highest BCUT2D eigenvalue weighted by atomic mass is 14.2. The second-order valence-electron chi connectivity index (χ2n) is 3.02. The van der Waals surface area contributed by atoms with E-state index in [-0.39, 0.29) is 0 Å². The summed E-state index contributed by atoms with van der Waals surface area (Å²) in [6, 6.07) is 0. The van der Waals surface area contributed by atoms with Gasteiger partial charge in [-0.2, -0.15) is 0 Å². The fourth-order valence-corrected chi connectivity index (χ4v) is 1.33. The van der Waals surface area contributed by atoms with Crippen LogP contribution in [-0.4, -0.2) is 0 Å². The van der Waals surface area contributed by atoms with Gasteiger partial charge in [0.05, 0.1) is 0 Å². The monoisotopic (exact) mass is 124 g/mol. The van der Waals surface area contributed by atoms with Crippen LogP contribution >= 0.6 is 0 Å². The second kappa shape index (κ2) is 3.71. The largest absolute Gasteiger partial charge is 0.103 e. The Labute approximate surface area is 58.0 Å². The molecule has 0 aromatic heterocycles. The number of rotatable bonds is 4. The minimum atomic E-state index is 1.09. The van der Waals surface area contributed by atoms with Crippen molar-refractivity contribution >= 4 is 0 Å². The lowest BCUT2D eigenvalue weighted by Crippen LogP contribution is -2.09. The van der Waals surface area contributed by atoms with Crippen LogP contribution in [0.25, 0.3) is 0 Å². The Morgan fingerprint density at radius 2 is 2.22 bits per heavy atom. The summed E-state index contributed by atoms with van der Waals surface area (Å²) in [6.07, 6.45) is 10.5. The van der Waals surface area contributed by atoms with Crippen LogP contribution in [0.2, 0.25) is 0 Å². The zero-order chi connectivity index (χ0) is 6.53. The standard InChI is InChI=1S/C9H16/c1-2-3-4-6-9-7-5-8-9/h2,9H,1,3-8H2. The minimum absolute atomic E-state index is 1.09. The van der Waals surface area contributed by atoms with Crippen molar-refractivity contribution in [2.24, 2.45) is 5.92 Å². The third-order valence-corrected chi connectivity index (χ3v) is 2.25. The molecule has 1 fully saturated rings. The van der Waals surface area contributed by atoms with Crippen molar-refractivity contribution in [2.45, 2.75) is 38.5 Å². The molecule has 0 amide bonds. The zero-order valence-electron chi connectivity index (χ0n) is 6.10. The van der Waals surface area contributed by atoms with E-state index in [0.29, 0.717) is 0 Å². The average Bonchev–Trinajstić information content (AvgIpc) is 1.76. The van der Waals surface area contributed by atoms with Crippen molar-refractivity contribution in [1.29, 1.82) is 0 Å². The van der Waals surface area contributed by atoms with Gasteiger partial charge < -0.3 is 0 Å². The molecule has 9 heavy (non-hydrogen) atoms. The summed E-state index contributed by atoms with van der Waals surface area (Å²) in [7, 11) is 0. The van der Waals surface area contributed by atoms with Crippen molar-refractivity contribution < 1.29 is 0 Å². The van der Waals surface area contributed by atoms with E-state index in [9.17, 15) is 0 Å². The van der Waals surface area contributed by atoms with Gasteiger partial charge in [0.15, 0.2) is 0 Å². The molecule has 0 saturated heterocycles. The summed E-state index contributed by atoms with van der Waals surface area (Å²) in [6.45, 7) is 3.70. The molecule has 0 nitrogen and oxygen atoms in total. The lowest BCUT2D eigenvalue weighted by Gasteiger charge is -2.24. The van der Waals surface area contributed by atoms with Gasteiger partial charge in [-0.05, 0) is 18.8 Å². The highest BCUT2D eigenvalue weighted by Crippen LogP contribution is 2.30. The Balaban J connectivity index is 1.85. The summed E-state index contributed by atoms with van der Waals surface area (Å²) >= 11 is 0. The third-order valence-electron chi connectivity index (χ3n) is 2.25. The number of unbranched alkanes of at least 4 members (excludes halogenated alkanes) is 1. The van der Waals surface area contributed by atoms with Gasteiger partial charge in [0.2, 0.25) is 0 Å². The molecule has 0 heteroatoms. The maximum atomic E-state index is 3.70. The van der Waals surface area contributed by atoms with Gasteiger partial charge in [-0.15, -0.1) is 6.58 Å². The fraction of sp³-hybridized carbons (Fsp3) is 0.778. The highest BCUT2D eigenvalue weighted by Gasteiger charge is 2.15. The van der Waals surface area contributed by atoms with E-state index < -0.39 is 0 Å². The second-order valence-corrected chi connectivity index (χ2v) is 3.02. The molecule has 0 radical (unpaired) electrons. The van der Waals surface area contributed by atoms with Crippen LogP contribution < -0.4 is 0 Å². The highest BCUT2D eigenvalue weighted by molar-refractivity contribution is 4.72. The Kier molecular flexibility index (Phi) is 2.82. The van der Waals surface area contributed by atoms with E-state index >= 15 is 0 Å². The fourth-order valence-electron chi connectivity index (χ4n) is 1.33. The molecule has 0 aromatic carbocycles. The van der Waals surface area contributed by atoms with Gasteiger partial charge in [-0.3, -0.25) is 0 Å². The van der Waals surface area contributed by atoms with Crippen LogP contribution in [0.1, 0.15) is 38.5 Å². The van der Waals surface area contributed by atoms with E-state index in [1.54, 1.807) is 0 Å². The quantitative estimate of drug-likeness (QED) is 0.399. The van der Waals surface area contributed by atoms with E-state index in [1.807, 2.05) is 6.08 Å². The van der Waals surface area contributed by atoms with Crippen LogP contribution in [0, 0.1) is 5.92 Å². The molecule has 0 aromatic rings. The molecule has 0 heterocycles. The molecule has 0 bridgehead atoms. The molecule has 1 aliphatic carbocycles. The normalized spacial score (nSPS) is 19.1. The zero-order valence-corrected chi connectivity index (χ0v) is 6.10. The molecular weight excluding hydrogens is 108 g/mol. The summed E-state index contributed by atoms with van der Waals surface area (Å²) in [5.74, 6) is 1.09. The molecule has 1 rings (SSSR count). The first-order chi connectivity index (χ1) is 4.43. The van der Waals surface area contributed by atoms with Crippen LogP contribution in [0.5, 0.6) is 0 Å². The predicted molar refractivity (Wildman–Crippen MR) is 41.4 cm³/mol. The van der Waals surface area contributed by atoms with Crippen LogP contribution in [-0.2, 0) is 0 Å². The van der Waals surface area contributed by atoms with E-state index in [4.69, 9.17) is 0 Å². The molecule has 1 aliphatic rings. The van der Waals surface area contributed by atoms with Crippen molar-refractivity contribution in [2.75, 3.05) is 0 Å². The number of hydrogen-bond acceptors (Lipinski definition) is 0. The first-order valence-electron chi connectivity index (χ1n) is 4.04. The van der Waals surface area contributed by atoms with Gasteiger partial charge in [0.25, 0.3) is 0 Å². The van der Waals surface area contributed by atoms with Crippen molar-refractivity contribution in [1.82, 2.24) is 0 Å². The maximum Gasteiger partial charge on any atom is -0.0353 e. The Bertz CT molecular complexity index is 80.0. The lowest BCUT2D eigenvalue weighted by molar-refractivity contribution is 0.290. The Morgan fingerprint density at radius 3 is 2.67 bits per heavy atom. The molecule has 52 valence electrons. The maximum absolute atomic E-state index is 3.70. The third kappa shape index (κ3) is 2.21.